The van der Waals surface area contributed by atoms with E-state index in [4.69, 9.17) is 4.74 Å². The summed E-state index contributed by atoms with van der Waals surface area (Å²) < 4.78 is 5.45. The van der Waals surface area contributed by atoms with E-state index >= 15 is 0 Å². The second-order valence-corrected chi connectivity index (χ2v) is 7.01. The zero-order valence-corrected chi connectivity index (χ0v) is 15.5. The fourth-order valence-corrected chi connectivity index (χ4v) is 3.61. The maximum absolute atomic E-state index is 13.1. The monoisotopic (exact) mass is 362 g/mol. The molecule has 1 aliphatic carbocycles. The first-order valence-corrected chi connectivity index (χ1v) is 9.05. The molecule has 1 saturated carbocycles. The Labute approximate surface area is 158 Å². The van der Waals surface area contributed by atoms with Crippen LogP contribution in [0.15, 0.2) is 48.7 Å². The number of nitrogens with one attached hydrogen (secondary N) is 2. The van der Waals surface area contributed by atoms with E-state index in [0.29, 0.717) is 0 Å². The molecule has 0 unspecified atom stereocenters. The number of aromatic nitrogens is 3. The van der Waals surface area contributed by atoms with Crippen molar-refractivity contribution < 1.29 is 9.53 Å². The van der Waals surface area contributed by atoms with Crippen LogP contribution in [0.5, 0.6) is 5.75 Å². The molecule has 0 atom stereocenters. The van der Waals surface area contributed by atoms with E-state index in [0.717, 1.165) is 53.1 Å². The van der Waals surface area contributed by atoms with Crippen LogP contribution in [-0.4, -0.2) is 28.4 Å². The standard InChI is InChI=1S/C21H22N4O2/c1-14-4-7-16(12-19(14)27-2)21(10-3-11-21)20(26)23-17-8-5-15(6-9-17)18-13-22-25-24-18/h4-9,12-13H,3,10-11H2,1-2H3,(H,23,26)(H,22,24,25). The summed E-state index contributed by atoms with van der Waals surface area (Å²) in [7, 11) is 1.66. The lowest BCUT2D eigenvalue weighted by Gasteiger charge is -2.41. The predicted molar refractivity (Wildman–Crippen MR) is 104 cm³/mol. The topological polar surface area (TPSA) is 79.9 Å². The Hall–Kier alpha value is -3.15. The average molecular weight is 362 g/mol. The quantitative estimate of drug-likeness (QED) is 0.722. The molecule has 1 aliphatic rings. The van der Waals surface area contributed by atoms with Crippen LogP contribution in [0, 0.1) is 6.92 Å². The van der Waals surface area contributed by atoms with Crippen LogP contribution < -0.4 is 10.1 Å². The molecule has 27 heavy (non-hydrogen) atoms. The van der Waals surface area contributed by atoms with Gasteiger partial charge in [-0.3, -0.25) is 4.79 Å². The Bertz CT molecular complexity index is 945. The number of carbonyl (C=O) groups excluding carboxylic acids is 1. The van der Waals surface area contributed by atoms with Crippen LogP contribution in [0.1, 0.15) is 30.4 Å². The number of H-pyrrole nitrogens is 1. The Morgan fingerprint density at radius 3 is 2.56 bits per heavy atom. The summed E-state index contributed by atoms with van der Waals surface area (Å²) in [6.45, 7) is 2.01. The van der Waals surface area contributed by atoms with Crippen molar-refractivity contribution in [2.45, 2.75) is 31.6 Å². The Kier molecular flexibility index (Phi) is 4.39. The zero-order chi connectivity index (χ0) is 18.9. The number of anilines is 1. The molecule has 1 fully saturated rings. The smallest absolute Gasteiger partial charge is 0.235 e. The first-order chi connectivity index (χ1) is 13.1. The summed E-state index contributed by atoms with van der Waals surface area (Å²) in [5.74, 6) is 0.859. The predicted octanol–water partition coefficient (Wildman–Crippen LogP) is 3.85. The van der Waals surface area contributed by atoms with Crippen molar-refractivity contribution in [1.29, 1.82) is 0 Å². The molecule has 0 spiro atoms. The third kappa shape index (κ3) is 3.07. The summed E-state index contributed by atoms with van der Waals surface area (Å²) in [6, 6.07) is 13.7. The van der Waals surface area contributed by atoms with Gasteiger partial charge in [0.2, 0.25) is 5.91 Å². The van der Waals surface area contributed by atoms with Gasteiger partial charge >= 0.3 is 0 Å². The Morgan fingerprint density at radius 1 is 1.19 bits per heavy atom. The highest BCUT2D eigenvalue weighted by atomic mass is 16.5. The van der Waals surface area contributed by atoms with Crippen molar-refractivity contribution in [1.82, 2.24) is 15.4 Å². The van der Waals surface area contributed by atoms with Gasteiger partial charge in [-0.15, -0.1) is 0 Å². The molecule has 3 aromatic rings. The van der Waals surface area contributed by atoms with E-state index in [9.17, 15) is 4.79 Å². The molecule has 0 aliphatic heterocycles. The second kappa shape index (κ2) is 6.87. The lowest BCUT2D eigenvalue weighted by molar-refractivity contribution is -0.124. The Morgan fingerprint density at radius 2 is 1.96 bits per heavy atom. The average Bonchev–Trinajstić information content (AvgIpc) is 3.17. The SMILES string of the molecule is COc1cc(C2(C(=O)Nc3ccc(-c4cn[nH]n4)cc3)CCC2)ccc1C. The fourth-order valence-electron chi connectivity index (χ4n) is 3.61. The number of rotatable bonds is 5. The van der Waals surface area contributed by atoms with E-state index in [1.807, 2.05) is 49.4 Å². The van der Waals surface area contributed by atoms with Gasteiger partial charge in [0.25, 0.3) is 0 Å². The van der Waals surface area contributed by atoms with Crippen molar-refractivity contribution in [3.63, 3.8) is 0 Å². The molecule has 138 valence electrons. The maximum Gasteiger partial charge on any atom is 0.235 e. The number of benzene rings is 2. The molecule has 1 heterocycles. The van der Waals surface area contributed by atoms with Gasteiger partial charge in [0.15, 0.2) is 0 Å². The van der Waals surface area contributed by atoms with Gasteiger partial charge in [-0.05, 0) is 49.1 Å². The number of aromatic amines is 1. The number of nitrogens with zero attached hydrogens (tertiary/aromatic N) is 2. The highest BCUT2D eigenvalue weighted by molar-refractivity contribution is 6.00. The number of carbonyl (C=O) groups is 1. The van der Waals surface area contributed by atoms with E-state index in [2.05, 4.69) is 20.7 Å². The van der Waals surface area contributed by atoms with Gasteiger partial charge in [0, 0.05) is 11.3 Å². The third-order valence-electron chi connectivity index (χ3n) is 5.46. The lowest BCUT2D eigenvalue weighted by Crippen LogP contribution is -2.46. The van der Waals surface area contributed by atoms with Gasteiger partial charge in [0.1, 0.15) is 11.4 Å². The normalized spacial score (nSPS) is 15.0. The molecule has 6 nitrogen and oxygen atoms in total. The summed E-state index contributed by atoms with van der Waals surface area (Å²) in [5, 5.41) is 13.6. The van der Waals surface area contributed by atoms with E-state index in [-0.39, 0.29) is 5.91 Å². The first-order valence-electron chi connectivity index (χ1n) is 9.05. The molecular formula is C21H22N4O2. The minimum atomic E-state index is -0.480. The van der Waals surface area contributed by atoms with Gasteiger partial charge < -0.3 is 10.1 Å². The Balaban J connectivity index is 1.56. The summed E-state index contributed by atoms with van der Waals surface area (Å²) >= 11 is 0. The van der Waals surface area contributed by atoms with E-state index < -0.39 is 5.41 Å². The van der Waals surface area contributed by atoms with Crippen molar-refractivity contribution in [2.24, 2.45) is 0 Å². The molecular weight excluding hydrogens is 340 g/mol. The molecule has 2 N–H and O–H groups in total. The van der Waals surface area contributed by atoms with Gasteiger partial charge in [-0.1, -0.05) is 30.7 Å². The van der Waals surface area contributed by atoms with Crippen LogP contribution in [-0.2, 0) is 10.2 Å². The number of methoxy groups -OCH3 is 1. The molecule has 0 radical (unpaired) electrons. The van der Waals surface area contributed by atoms with Gasteiger partial charge in [0.05, 0.1) is 18.7 Å². The van der Waals surface area contributed by atoms with E-state index in [1.54, 1.807) is 13.3 Å². The summed E-state index contributed by atoms with van der Waals surface area (Å²) in [4.78, 5) is 13.1. The van der Waals surface area contributed by atoms with Crippen LogP contribution in [0.4, 0.5) is 5.69 Å². The van der Waals surface area contributed by atoms with Crippen LogP contribution in [0.2, 0.25) is 0 Å². The van der Waals surface area contributed by atoms with E-state index in [1.165, 1.54) is 0 Å². The van der Waals surface area contributed by atoms with Crippen molar-refractivity contribution >= 4 is 11.6 Å². The number of aryl methyl sites for hydroxylation is 1. The number of ether oxygens (including phenoxy) is 1. The minimum Gasteiger partial charge on any atom is -0.496 e. The number of amides is 1. The second-order valence-electron chi connectivity index (χ2n) is 7.01. The van der Waals surface area contributed by atoms with Gasteiger partial charge in [-0.2, -0.15) is 15.4 Å². The zero-order valence-electron chi connectivity index (χ0n) is 15.5. The van der Waals surface area contributed by atoms with Crippen molar-refractivity contribution in [3.8, 4) is 17.0 Å². The van der Waals surface area contributed by atoms with Crippen LogP contribution in [0.3, 0.4) is 0 Å². The van der Waals surface area contributed by atoms with Gasteiger partial charge in [-0.25, -0.2) is 0 Å². The maximum atomic E-state index is 13.1. The molecule has 0 saturated heterocycles. The largest absolute Gasteiger partial charge is 0.496 e. The highest BCUT2D eigenvalue weighted by Crippen LogP contribution is 2.45. The first kappa shape index (κ1) is 17.3. The highest BCUT2D eigenvalue weighted by Gasteiger charge is 2.45. The number of hydrogen-bond acceptors (Lipinski definition) is 4. The summed E-state index contributed by atoms with van der Waals surface area (Å²) in [6.07, 6.45) is 4.42. The van der Waals surface area contributed by atoms with Crippen LogP contribution >= 0.6 is 0 Å². The van der Waals surface area contributed by atoms with Crippen molar-refractivity contribution in [3.05, 3.63) is 59.8 Å². The fraction of sp³-hybridized carbons (Fsp3) is 0.286. The molecule has 2 aromatic carbocycles. The minimum absolute atomic E-state index is 0.0360. The van der Waals surface area contributed by atoms with Crippen LogP contribution in [0.25, 0.3) is 11.3 Å². The summed E-state index contributed by atoms with van der Waals surface area (Å²) in [5.41, 5.74) is 4.11. The lowest BCUT2D eigenvalue weighted by atomic mass is 9.63. The third-order valence-corrected chi connectivity index (χ3v) is 5.46. The molecule has 6 heteroatoms. The van der Waals surface area contributed by atoms with Crippen molar-refractivity contribution in [2.75, 3.05) is 12.4 Å². The molecule has 0 bridgehead atoms. The number of hydrogen-bond donors (Lipinski definition) is 2. The molecule has 1 aromatic heterocycles. The molecule has 1 amide bonds. The molecule has 4 rings (SSSR count).